The van der Waals surface area contributed by atoms with Crippen molar-refractivity contribution in [1.82, 2.24) is 10.3 Å². The Bertz CT molecular complexity index is 784. The molecular formula is C19H21ClN2O. The van der Waals surface area contributed by atoms with Crippen LogP contribution in [0.2, 0.25) is 5.02 Å². The predicted octanol–water partition coefficient (Wildman–Crippen LogP) is 4.08. The van der Waals surface area contributed by atoms with Gasteiger partial charge in [0.1, 0.15) is 0 Å². The molecule has 23 heavy (non-hydrogen) atoms. The van der Waals surface area contributed by atoms with Gasteiger partial charge in [0, 0.05) is 34.7 Å². The van der Waals surface area contributed by atoms with Crippen LogP contribution in [-0.4, -0.2) is 22.7 Å². The summed E-state index contributed by atoms with van der Waals surface area (Å²) in [5, 5.41) is 15.6. The Morgan fingerprint density at radius 3 is 2.83 bits per heavy atom. The van der Waals surface area contributed by atoms with E-state index in [1.807, 2.05) is 24.3 Å². The van der Waals surface area contributed by atoms with Crippen LogP contribution < -0.4 is 5.32 Å². The maximum absolute atomic E-state index is 10.3. The Hall–Kier alpha value is -1.81. The van der Waals surface area contributed by atoms with Gasteiger partial charge in [0.25, 0.3) is 0 Å². The number of H-pyrrole nitrogens is 1. The zero-order valence-corrected chi connectivity index (χ0v) is 13.8. The molecule has 3 aromatic rings. The van der Waals surface area contributed by atoms with E-state index < -0.39 is 6.10 Å². The van der Waals surface area contributed by atoms with Crippen LogP contribution in [0.1, 0.15) is 24.2 Å². The van der Waals surface area contributed by atoms with Gasteiger partial charge in [0.2, 0.25) is 0 Å². The number of benzene rings is 2. The zero-order chi connectivity index (χ0) is 16.2. The van der Waals surface area contributed by atoms with Gasteiger partial charge in [-0.25, -0.2) is 0 Å². The average molecular weight is 329 g/mol. The van der Waals surface area contributed by atoms with Gasteiger partial charge in [-0.1, -0.05) is 41.9 Å². The Morgan fingerprint density at radius 1 is 1.17 bits per heavy atom. The molecule has 0 saturated heterocycles. The van der Waals surface area contributed by atoms with Gasteiger partial charge in [-0.05, 0) is 42.7 Å². The lowest BCUT2D eigenvalue weighted by atomic mass is 10.1. The number of nitrogens with one attached hydrogen (secondary N) is 2. The number of aromatic nitrogens is 1. The van der Waals surface area contributed by atoms with Gasteiger partial charge in [-0.15, -0.1) is 0 Å². The van der Waals surface area contributed by atoms with Crippen molar-refractivity contribution in [3.05, 3.63) is 70.9 Å². The third kappa shape index (κ3) is 3.94. The molecule has 0 radical (unpaired) electrons. The highest BCUT2D eigenvalue weighted by Crippen LogP contribution is 2.20. The molecule has 3 nitrogen and oxygen atoms in total. The molecule has 2 aromatic carbocycles. The van der Waals surface area contributed by atoms with Crippen LogP contribution in [-0.2, 0) is 6.42 Å². The van der Waals surface area contributed by atoms with Crippen LogP contribution in [0.15, 0.2) is 54.7 Å². The van der Waals surface area contributed by atoms with Crippen molar-refractivity contribution in [1.29, 1.82) is 0 Å². The minimum absolute atomic E-state index is 0.267. The number of rotatable bonds is 6. The molecule has 3 rings (SSSR count). The Labute approximate surface area is 141 Å². The Kier molecular flexibility index (Phi) is 5.01. The number of aliphatic hydroxyl groups excluding tert-OH is 1. The van der Waals surface area contributed by atoms with Crippen LogP contribution in [0.5, 0.6) is 0 Å². The molecule has 0 aliphatic rings. The summed E-state index contributed by atoms with van der Waals surface area (Å²) in [4.78, 5) is 3.30. The summed E-state index contributed by atoms with van der Waals surface area (Å²) in [5.74, 6) is 0. The molecule has 4 heteroatoms. The highest BCUT2D eigenvalue weighted by Gasteiger charge is 2.12. The topological polar surface area (TPSA) is 48.0 Å². The van der Waals surface area contributed by atoms with E-state index in [4.69, 9.17) is 11.6 Å². The molecule has 0 aliphatic heterocycles. The maximum Gasteiger partial charge on any atom is 0.0914 e. The number of fused-ring (bicyclic) bond motifs is 1. The molecule has 1 aromatic heterocycles. The van der Waals surface area contributed by atoms with Crippen molar-refractivity contribution in [3.63, 3.8) is 0 Å². The van der Waals surface area contributed by atoms with E-state index in [1.165, 1.54) is 10.9 Å². The van der Waals surface area contributed by atoms with Crippen LogP contribution in [0.4, 0.5) is 0 Å². The van der Waals surface area contributed by atoms with E-state index >= 15 is 0 Å². The number of halogens is 1. The second-order valence-corrected chi connectivity index (χ2v) is 6.38. The summed E-state index contributed by atoms with van der Waals surface area (Å²) in [5.41, 5.74) is 3.29. The van der Waals surface area contributed by atoms with Crippen molar-refractivity contribution in [3.8, 4) is 0 Å². The second-order valence-electron chi connectivity index (χ2n) is 5.94. The molecule has 0 fully saturated rings. The summed E-state index contributed by atoms with van der Waals surface area (Å²) in [6, 6.07) is 15.9. The van der Waals surface area contributed by atoms with Crippen LogP contribution in [0.3, 0.4) is 0 Å². The molecule has 1 unspecified atom stereocenters. The molecule has 0 bridgehead atoms. The second kappa shape index (κ2) is 7.18. The van der Waals surface area contributed by atoms with Gasteiger partial charge in [0.15, 0.2) is 0 Å². The molecule has 0 spiro atoms. The lowest BCUT2D eigenvalue weighted by molar-refractivity contribution is 0.170. The summed E-state index contributed by atoms with van der Waals surface area (Å²) >= 11 is 5.97. The van der Waals surface area contributed by atoms with Crippen molar-refractivity contribution in [2.45, 2.75) is 25.5 Å². The van der Waals surface area contributed by atoms with E-state index in [0.717, 1.165) is 17.5 Å². The highest BCUT2D eigenvalue weighted by atomic mass is 35.5. The lowest BCUT2D eigenvalue weighted by Gasteiger charge is -2.17. The Morgan fingerprint density at radius 2 is 2.00 bits per heavy atom. The van der Waals surface area contributed by atoms with Gasteiger partial charge in [-0.3, -0.25) is 0 Å². The molecule has 3 N–H and O–H groups in total. The van der Waals surface area contributed by atoms with E-state index in [2.05, 4.69) is 41.6 Å². The fourth-order valence-corrected chi connectivity index (χ4v) is 3.05. The molecular weight excluding hydrogens is 308 g/mol. The first-order valence-corrected chi connectivity index (χ1v) is 8.23. The van der Waals surface area contributed by atoms with Crippen molar-refractivity contribution in [2.75, 3.05) is 6.54 Å². The first kappa shape index (κ1) is 16.1. The molecule has 0 aliphatic carbocycles. The molecule has 0 amide bonds. The van der Waals surface area contributed by atoms with E-state index in [9.17, 15) is 5.11 Å². The largest absolute Gasteiger partial charge is 0.387 e. The first-order chi connectivity index (χ1) is 11.1. The van der Waals surface area contributed by atoms with Crippen LogP contribution in [0, 0.1) is 0 Å². The summed E-state index contributed by atoms with van der Waals surface area (Å²) in [7, 11) is 0. The van der Waals surface area contributed by atoms with Gasteiger partial charge < -0.3 is 15.4 Å². The van der Waals surface area contributed by atoms with E-state index in [-0.39, 0.29) is 6.04 Å². The minimum Gasteiger partial charge on any atom is -0.387 e. The quantitative estimate of drug-likeness (QED) is 0.638. The maximum atomic E-state index is 10.3. The van der Waals surface area contributed by atoms with Crippen molar-refractivity contribution >= 4 is 22.5 Å². The fraction of sp³-hybridized carbons (Fsp3) is 0.263. The van der Waals surface area contributed by atoms with Crippen LogP contribution in [0.25, 0.3) is 10.9 Å². The SMILES string of the molecule is C[C@H](Cc1c[nH]c2ccccc12)NCC(O)c1cccc(Cl)c1. The summed E-state index contributed by atoms with van der Waals surface area (Å²) in [6.07, 6.45) is 2.42. The lowest BCUT2D eigenvalue weighted by Crippen LogP contribution is -2.32. The van der Waals surface area contributed by atoms with Crippen molar-refractivity contribution in [2.24, 2.45) is 0 Å². The molecule has 2 atom stereocenters. The number of aromatic amines is 1. The van der Waals surface area contributed by atoms with E-state index in [0.29, 0.717) is 11.6 Å². The normalized spacial score (nSPS) is 14.0. The Balaban J connectivity index is 1.58. The van der Waals surface area contributed by atoms with Gasteiger partial charge in [-0.2, -0.15) is 0 Å². The molecule has 0 saturated carbocycles. The smallest absolute Gasteiger partial charge is 0.0914 e. The monoisotopic (exact) mass is 328 g/mol. The summed E-state index contributed by atoms with van der Waals surface area (Å²) in [6.45, 7) is 2.64. The number of hydrogen-bond acceptors (Lipinski definition) is 2. The van der Waals surface area contributed by atoms with Crippen LogP contribution >= 0.6 is 11.6 Å². The number of para-hydroxylation sites is 1. The predicted molar refractivity (Wildman–Crippen MR) is 95.9 cm³/mol. The third-order valence-electron chi connectivity index (χ3n) is 4.09. The fourth-order valence-electron chi connectivity index (χ4n) is 2.85. The molecule has 120 valence electrons. The molecule has 1 heterocycles. The van der Waals surface area contributed by atoms with Gasteiger partial charge in [0.05, 0.1) is 6.10 Å². The number of hydrogen-bond donors (Lipinski definition) is 3. The number of aliphatic hydroxyl groups is 1. The third-order valence-corrected chi connectivity index (χ3v) is 4.33. The minimum atomic E-state index is -0.556. The standard InChI is InChI=1S/C19H21ClN2O/c1-13(9-15-11-22-18-8-3-2-7-17(15)18)21-12-19(23)14-5-4-6-16(20)10-14/h2-8,10-11,13,19,21-23H,9,12H2,1H3/t13-,19?/m1/s1. The van der Waals surface area contributed by atoms with E-state index in [1.54, 1.807) is 6.07 Å². The summed E-state index contributed by atoms with van der Waals surface area (Å²) < 4.78 is 0. The average Bonchev–Trinajstić information content (AvgIpc) is 2.96. The highest BCUT2D eigenvalue weighted by molar-refractivity contribution is 6.30. The van der Waals surface area contributed by atoms with Crippen molar-refractivity contribution < 1.29 is 5.11 Å². The first-order valence-electron chi connectivity index (χ1n) is 7.85. The zero-order valence-electron chi connectivity index (χ0n) is 13.1. The van der Waals surface area contributed by atoms with Gasteiger partial charge >= 0.3 is 0 Å².